The predicted octanol–water partition coefficient (Wildman–Crippen LogP) is 4.81. The zero-order chi connectivity index (χ0) is 22.8. The van der Waals surface area contributed by atoms with Crippen molar-refractivity contribution in [3.8, 4) is 0 Å². The molecule has 0 bridgehead atoms. The van der Waals surface area contributed by atoms with Gasteiger partial charge >= 0.3 is 5.97 Å². The molecule has 1 atom stereocenters. The second-order valence-electron chi connectivity index (χ2n) is 8.48. The predicted molar refractivity (Wildman–Crippen MR) is 130 cm³/mol. The first-order valence-electron chi connectivity index (χ1n) is 11.3. The lowest BCUT2D eigenvalue weighted by molar-refractivity contribution is 0.0696. The molecule has 0 spiro atoms. The van der Waals surface area contributed by atoms with Gasteiger partial charge in [0.1, 0.15) is 5.00 Å². The number of rotatable bonds is 5. The summed E-state index contributed by atoms with van der Waals surface area (Å²) in [7, 11) is 0. The Morgan fingerprint density at radius 2 is 1.76 bits per heavy atom. The maximum Gasteiger partial charge on any atom is 0.339 e. The number of para-hydroxylation sites is 1. The lowest BCUT2D eigenvalue weighted by Gasteiger charge is -2.30. The van der Waals surface area contributed by atoms with Crippen molar-refractivity contribution >= 4 is 33.9 Å². The molecule has 1 aromatic heterocycles. The number of carbonyl (C=O) groups excluding carboxylic acids is 1. The molecule has 1 saturated heterocycles. The summed E-state index contributed by atoms with van der Waals surface area (Å²) in [4.78, 5) is 27.6. The van der Waals surface area contributed by atoms with Gasteiger partial charge in [-0.15, -0.1) is 11.3 Å². The van der Waals surface area contributed by atoms with Crippen LogP contribution in [-0.2, 0) is 17.6 Å². The molecule has 3 aromatic rings. The number of fused-ring (bicyclic) bond motifs is 1. The van der Waals surface area contributed by atoms with Crippen molar-refractivity contribution in [1.29, 1.82) is 0 Å². The Morgan fingerprint density at radius 3 is 2.55 bits per heavy atom. The molecule has 6 nitrogen and oxygen atoms in total. The fourth-order valence-electron chi connectivity index (χ4n) is 4.86. The lowest BCUT2D eigenvalue weighted by atomic mass is 9.80. The molecule has 0 radical (unpaired) electrons. The molecule has 33 heavy (non-hydrogen) atoms. The molecule has 0 saturated carbocycles. The molecule has 2 aromatic carbocycles. The first kappa shape index (κ1) is 21.7. The Labute approximate surface area is 196 Å². The molecule has 1 aliphatic heterocycles. The summed E-state index contributed by atoms with van der Waals surface area (Å²) in [5.74, 6) is -1.16. The van der Waals surface area contributed by atoms with Crippen LogP contribution >= 0.6 is 11.3 Å². The van der Waals surface area contributed by atoms with E-state index < -0.39 is 5.97 Å². The number of hydrogen-bond acceptors (Lipinski definition) is 5. The number of thiophene rings is 1. The first-order valence-corrected chi connectivity index (χ1v) is 12.1. The highest BCUT2D eigenvalue weighted by molar-refractivity contribution is 7.15. The smallest absolute Gasteiger partial charge is 0.339 e. The number of amides is 1. The quantitative estimate of drug-likeness (QED) is 0.569. The molecule has 5 rings (SSSR count). The maximum atomic E-state index is 13.2. The Bertz CT molecular complexity index is 1180. The zero-order valence-corrected chi connectivity index (χ0v) is 19.1. The van der Waals surface area contributed by atoms with E-state index in [0.717, 1.165) is 43.6 Å². The number of anilines is 2. The van der Waals surface area contributed by atoms with Gasteiger partial charge < -0.3 is 20.1 Å². The minimum absolute atomic E-state index is 0.133. The third kappa shape index (κ3) is 4.38. The van der Waals surface area contributed by atoms with Crippen molar-refractivity contribution in [2.75, 3.05) is 36.5 Å². The number of nitrogens with one attached hydrogen (secondary N) is 1. The van der Waals surface area contributed by atoms with Crippen LogP contribution in [0, 0.1) is 0 Å². The number of carbonyl (C=O) groups is 2. The van der Waals surface area contributed by atoms with Gasteiger partial charge in [0, 0.05) is 18.8 Å². The zero-order valence-electron chi connectivity index (χ0n) is 18.3. The summed E-state index contributed by atoms with van der Waals surface area (Å²) >= 11 is 1.30. The number of morpholine rings is 1. The van der Waals surface area contributed by atoms with Crippen molar-refractivity contribution in [3.05, 3.63) is 81.7 Å². The monoisotopic (exact) mass is 462 g/mol. The molecule has 1 fully saturated rings. The number of aromatic carboxylic acids is 1. The van der Waals surface area contributed by atoms with Crippen LogP contribution in [0.15, 0.2) is 53.9 Å². The number of carboxylic acid groups (broad SMARTS) is 1. The minimum atomic E-state index is -0.998. The maximum absolute atomic E-state index is 13.2. The molecule has 1 aliphatic carbocycles. The van der Waals surface area contributed by atoms with Gasteiger partial charge in [-0.05, 0) is 59.4 Å². The minimum Gasteiger partial charge on any atom is -0.478 e. The molecule has 2 aliphatic rings. The van der Waals surface area contributed by atoms with E-state index in [-0.39, 0.29) is 17.4 Å². The van der Waals surface area contributed by atoms with E-state index in [1.165, 1.54) is 22.5 Å². The van der Waals surface area contributed by atoms with Gasteiger partial charge in [-0.2, -0.15) is 0 Å². The fourth-order valence-corrected chi connectivity index (χ4v) is 5.89. The number of nitrogens with zero attached hydrogens (tertiary/aromatic N) is 1. The molecule has 7 heteroatoms. The van der Waals surface area contributed by atoms with Crippen LogP contribution in [0.5, 0.6) is 0 Å². The number of benzene rings is 2. The molecule has 1 unspecified atom stereocenters. The normalized spacial score (nSPS) is 17.9. The van der Waals surface area contributed by atoms with E-state index in [0.29, 0.717) is 23.8 Å². The molecule has 2 heterocycles. The third-order valence-electron chi connectivity index (χ3n) is 6.55. The van der Waals surface area contributed by atoms with Crippen LogP contribution in [0.1, 0.15) is 49.7 Å². The van der Waals surface area contributed by atoms with E-state index in [4.69, 9.17) is 4.74 Å². The Morgan fingerprint density at radius 1 is 1.03 bits per heavy atom. The second kappa shape index (κ2) is 9.37. The molecule has 2 N–H and O–H groups in total. The van der Waals surface area contributed by atoms with Gasteiger partial charge in [-0.25, -0.2) is 4.79 Å². The highest BCUT2D eigenvalue weighted by Gasteiger charge is 2.29. The van der Waals surface area contributed by atoms with Gasteiger partial charge in [0.25, 0.3) is 5.91 Å². The van der Waals surface area contributed by atoms with Crippen LogP contribution in [-0.4, -0.2) is 43.3 Å². The average Bonchev–Trinajstić information content (AvgIpc) is 3.28. The Balaban J connectivity index is 1.41. The van der Waals surface area contributed by atoms with Crippen molar-refractivity contribution in [1.82, 2.24) is 0 Å². The molecule has 170 valence electrons. The van der Waals surface area contributed by atoms with Crippen LogP contribution < -0.4 is 10.2 Å². The van der Waals surface area contributed by atoms with E-state index in [1.54, 1.807) is 6.07 Å². The van der Waals surface area contributed by atoms with E-state index >= 15 is 0 Å². The average molecular weight is 463 g/mol. The van der Waals surface area contributed by atoms with Crippen molar-refractivity contribution in [2.24, 2.45) is 0 Å². The number of hydrogen-bond donors (Lipinski definition) is 2. The summed E-state index contributed by atoms with van der Waals surface area (Å²) < 4.78 is 5.44. The fraction of sp³-hybridized carbons (Fsp3) is 0.308. The summed E-state index contributed by atoms with van der Waals surface area (Å²) in [6.45, 7) is 2.68. The van der Waals surface area contributed by atoms with E-state index in [2.05, 4.69) is 28.4 Å². The van der Waals surface area contributed by atoms with E-state index in [9.17, 15) is 14.7 Å². The lowest BCUT2D eigenvalue weighted by Crippen LogP contribution is -2.37. The van der Waals surface area contributed by atoms with Crippen molar-refractivity contribution in [2.45, 2.75) is 25.2 Å². The van der Waals surface area contributed by atoms with Crippen LogP contribution in [0.25, 0.3) is 0 Å². The number of ether oxygens (including phenoxy) is 1. The Hall–Kier alpha value is -3.16. The number of aryl methyl sites for hydroxylation is 1. The second-order valence-corrected chi connectivity index (χ2v) is 9.36. The van der Waals surface area contributed by atoms with Crippen molar-refractivity contribution < 1.29 is 19.4 Å². The van der Waals surface area contributed by atoms with Gasteiger partial charge in [0.2, 0.25) is 0 Å². The number of carboxylic acids is 1. The third-order valence-corrected chi connectivity index (χ3v) is 7.46. The first-order chi connectivity index (χ1) is 16.1. The van der Waals surface area contributed by atoms with Crippen LogP contribution in [0.2, 0.25) is 0 Å². The topological polar surface area (TPSA) is 78.9 Å². The summed E-state index contributed by atoms with van der Waals surface area (Å²) in [5, 5.41) is 15.3. The van der Waals surface area contributed by atoms with Crippen LogP contribution in [0.3, 0.4) is 0 Å². The summed E-state index contributed by atoms with van der Waals surface area (Å²) in [6.07, 6.45) is 2.66. The van der Waals surface area contributed by atoms with Gasteiger partial charge in [0.15, 0.2) is 0 Å². The highest BCUT2D eigenvalue weighted by Crippen LogP contribution is 2.40. The standard InChI is InChI=1S/C26H26N2O4S/c29-24(20-7-3-4-8-22(20)28-11-13-32-14-12-28)27-25-23(26(30)31)21(16-33-25)19-10-9-17-5-1-2-6-18(17)15-19/h1-8,16,19H,9-15H2,(H,27,29)(H,30,31). The van der Waals surface area contributed by atoms with E-state index in [1.807, 2.05) is 29.6 Å². The molecular formula is C26H26N2O4S. The summed E-state index contributed by atoms with van der Waals surface area (Å²) in [5.41, 5.74) is 5.05. The van der Waals surface area contributed by atoms with Gasteiger partial charge in [-0.1, -0.05) is 36.4 Å². The molecular weight excluding hydrogens is 436 g/mol. The Kier molecular flexibility index (Phi) is 6.15. The largest absolute Gasteiger partial charge is 0.478 e. The highest BCUT2D eigenvalue weighted by atomic mass is 32.1. The summed E-state index contributed by atoms with van der Waals surface area (Å²) in [6, 6.07) is 15.8. The van der Waals surface area contributed by atoms with Crippen LogP contribution in [0.4, 0.5) is 10.7 Å². The SMILES string of the molecule is O=C(Nc1scc(C2CCc3ccccc3C2)c1C(=O)O)c1ccccc1N1CCOCC1. The van der Waals surface area contributed by atoms with Crippen molar-refractivity contribution in [3.63, 3.8) is 0 Å². The van der Waals surface area contributed by atoms with Gasteiger partial charge in [0.05, 0.1) is 24.3 Å². The molecule has 1 amide bonds. The van der Waals surface area contributed by atoms with Gasteiger partial charge in [-0.3, -0.25) is 4.79 Å².